The molecule has 0 aliphatic carbocycles. The number of ether oxygens (including phenoxy) is 3. The number of hydrogen-bond acceptors (Lipinski definition) is 5. The van der Waals surface area contributed by atoms with Crippen LogP contribution in [0.25, 0.3) is 0 Å². The highest BCUT2D eigenvalue weighted by Gasteiger charge is 2.32. The molecule has 1 unspecified atom stereocenters. The Balaban J connectivity index is 3.46. The van der Waals surface area contributed by atoms with E-state index in [4.69, 9.17) is 14.2 Å². The van der Waals surface area contributed by atoms with Gasteiger partial charge in [0.2, 0.25) is 0 Å². The van der Waals surface area contributed by atoms with Gasteiger partial charge in [-0.05, 0) is 20.9 Å². The zero-order chi connectivity index (χ0) is 14.6. The summed E-state index contributed by atoms with van der Waals surface area (Å²) in [5, 5.41) is 13.4. The Morgan fingerprint density at radius 1 is 1.05 bits per heavy atom. The summed E-state index contributed by atoms with van der Waals surface area (Å²) in [6, 6.07) is 3.21. The largest absolute Gasteiger partial charge is 0.496 e. The molecule has 5 nitrogen and oxygen atoms in total. The van der Waals surface area contributed by atoms with E-state index in [-0.39, 0.29) is 6.04 Å². The average molecular weight is 269 g/mol. The molecule has 0 fully saturated rings. The summed E-state index contributed by atoms with van der Waals surface area (Å²) in [6.45, 7) is 3.47. The van der Waals surface area contributed by atoms with Crippen LogP contribution in [0.15, 0.2) is 12.1 Å². The maximum Gasteiger partial charge on any atom is 0.131 e. The van der Waals surface area contributed by atoms with Crippen molar-refractivity contribution >= 4 is 0 Å². The van der Waals surface area contributed by atoms with Gasteiger partial charge < -0.3 is 24.6 Å². The van der Waals surface area contributed by atoms with Gasteiger partial charge in [0, 0.05) is 12.1 Å². The standard InChI is InChI=1S/C14H23NO4/c1-14(2,16)13(15-3)12-10(18-5)7-9(17-4)8-11(12)19-6/h7-8,13,15-16H,1-6H3. The van der Waals surface area contributed by atoms with E-state index in [0.29, 0.717) is 17.2 Å². The fourth-order valence-corrected chi connectivity index (χ4v) is 2.17. The lowest BCUT2D eigenvalue weighted by Gasteiger charge is -2.31. The predicted molar refractivity (Wildman–Crippen MR) is 74.2 cm³/mol. The van der Waals surface area contributed by atoms with E-state index in [1.54, 1.807) is 54.4 Å². The molecule has 2 N–H and O–H groups in total. The van der Waals surface area contributed by atoms with E-state index >= 15 is 0 Å². The maximum atomic E-state index is 10.3. The lowest BCUT2D eigenvalue weighted by Crippen LogP contribution is -2.37. The van der Waals surface area contributed by atoms with Crippen molar-refractivity contribution in [3.05, 3.63) is 17.7 Å². The Hall–Kier alpha value is -1.46. The zero-order valence-electron chi connectivity index (χ0n) is 12.4. The van der Waals surface area contributed by atoms with Crippen LogP contribution in [0.1, 0.15) is 25.5 Å². The first-order valence-electron chi connectivity index (χ1n) is 6.08. The number of aliphatic hydroxyl groups is 1. The lowest BCUT2D eigenvalue weighted by molar-refractivity contribution is 0.0381. The van der Waals surface area contributed by atoms with E-state index < -0.39 is 5.60 Å². The second kappa shape index (κ2) is 6.12. The van der Waals surface area contributed by atoms with Gasteiger partial charge in [0.05, 0.1) is 38.5 Å². The van der Waals surface area contributed by atoms with Gasteiger partial charge in [-0.3, -0.25) is 0 Å². The molecule has 0 aliphatic heterocycles. The van der Waals surface area contributed by atoms with E-state index in [0.717, 1.165) is 5.56 Å². The van der Waals surface area contributed by atoms with Crippen LogP contribution in [0.5, 0.6) is 17.2 Å². The summed E-state index contributed by atoms with van der Waals surface area (Å²) in [7, 11) is 6.52. The van der Waals surface area contributed by atoms with Crippen molar-refractivity contribution in [1.29, 1.82) is 0 Å². The van der Waals surface area contributed by atoms with Crippen molar-refractivity contribution in [3.8, 4) is 17.2 Å². The molecule has 0 heterocycles. The van der Waals surface area contributed by atoms with Crippen LogP contribution in [-0.2, 0) is 0 Å². The highest BCUT2D eigenvalue weighted by molar-refractivity contribution is 5.53. The molecular formula is C14H23NO4. The summed E-state index contributed by atoms with van der Waals surface area (Å²) in [4.78, 5) is 0. The number of methoxy groups -OCH3 is 3. The molecule has 0 bridgehead atoms. The molecule has 0 saturated heterocycles. The Bertz CT molecular complexity index is 401. The van der Waals surface area contributed by atoms with Gasteiger partial charge in [-0.25, -0.2) is 0 Å². The van der Waals surface area contributed by atoms with Gasteiger partial charge in [-0.1, -0.05) is 0 Å². The summed E-state index contributed by atoms with van der Waals surface area (Å²) >= 11 is 0. The van der Waals surface area contributed by atoms with Crippen molar-refractivity contribution in [2.24, 2.45) is 0 Å². The SMILES string of the molecule is CNC(c1c(OC)cc(OC)cc1OC)C(C)(C)O. The summed E-state index contributed by atoms with van der Waals surface area (Å²) < 4.78 is 16.0. The minimum absolute atomic E-state index is 0.330. The van der Waals surface area contributed by atoms with E-state index in [2.05, 4.69) is 5.32 Å². The maximum absolute atomic E-state index is 10.3. The minimum Gasteiger partial charge on any atom is -0.496 e. The number of hydrogen-bond donors (Lipinski definition) is 2. The topological polar surface area (TPSA) is 60.0 Å². The highest BCUT2D eigenvalue weighted by Crippen LogP contribution is 2.41. The number of likely N-dealkylation sites (N-methyl/N-ethyl adjacent to an activating group) is 1. The Kier molecular flexibility index (Phi) is 5.03. The molecule has 0 radical (unpaired) electrons. The van der Waals surface area contributed by atoms with Gasteiger partial charge in [0.25, 0.3) is 0 Å². The predicted octanol–water partition coefficient (Wildman–Crippen LogP) is 1.74. The third-order valence-corrected chi connectivity index (χ3v) is 3.04. The Morgan fingerprint density at radius 3 is 1.79 bits per heavy atom. The van der Waals surface area contributed by atoms with Crippen LogP contribution >= 0.6 is 0 Å². The van der Waals surface area contributed by atoms with Crippen molar-refractivity contribution < 1.29 is 19.3 Å². The summed E-state index contributed by atoms with van der Waals surface area (Å²) in [5.41, 5.74) is -0.204. The number of rotatable bonds is 6. The monoisotopic (exact) mass is 269 g/mol. The van der Waals surface area contributed by atoms with E-state index in [1.165, 1.54) is 0 Å². The highest BCUT2D eigenvalue weighted by atomic mass is 16.5. The quantitative estimate of drug-likeness (QED) is 0.824. The molecule has 1 atom stereocenters. The van der Waals surface area contributed by atoms with E-state index in [9.17, 15) is 5.11 Å². The molecule has 0 saturated carbocycles. The first-order valence-corrected chi connectivity index (χ1v) is 6.08. The van der Waals surface area contributed by atoms with Crippen LogP contribution in [0, 0.1) is 0 Å². The molecule has 5 heteroatoms. The van der Waals surface area contributed by atoms with Gasteiger partial charge in [-0.15, -0.1) is 0 Å². The molecular weight excluding hydrogens is 246 g/mol. The van der Waals surface area contributed by atoms with Crippen molar-refractivity contribution in [2.45, 2.75) is 25.5 Å². The van der Waals surface area contributed by atoms with Crippen molar-refractivity contribution in [3.63, 3.8) is 0 Å². The van der Waals surface area contributed by atoms with Crippen molar-refractivity contribution in [1.82, 2.24) is 5.32 Å². The number of benzene rings is 1. The third kappa shape index (κ3) is 3.30. The molecule has 0 spiro atoms. The zero-order valence-corrected chi connectivity index (χ0v) is 12.4. The average Bonchev–Trinajstić information content (AvgIpc) is 2.37. The molecule has 1 aromatic rings. The molecule has 19 heavy (non-hydrogen) atoms. The molecule has 0 amide bonds. The van der Waals surface area contributed by atoms with Gasteiger partial charge in [-0.2, -0.15) is 0 Å². The molecule has 108 valence electrons. The summed E-state index contributed by atoms with van der Waals surface area (Å²) in [6.07, 6.45) is 0. The Morgan fingerprint density at radius 2 is 1.53 bits per heavy atom. The second-order valence-electron chi connectivity index (χ2n) is 4.82. The van der Waals surface area contributed by atoms with Gasteiger partial charge in [0.15, 0.2) is 0 Å². The fraction of sp³-hybridized carbons (Fsp3) is 0.571. The van der Waals surface area contributed by atoms with Crippen molar-refractivity contribution in [2.75, 3.05) is 28.4 Å². The van der Waals surface area contributed by atoms with Crippen LogP contribution in [0.3, 0.4) is 0 Å². The second-order valence-corrected chi connectivity index (χ2v) is 4.82. The van der Waals surface area contributed by atoms with Gasteiger partial charge in [0.1, 0.15) is 17.2 Å². The molecule has 0 aromatic heterocycles. The normalized spacial score (nSPS) is 13.0. The van der Waals surface area contributed by atoms with Crippen LogP contribution in [0.4, 0.5) is 0 Å². The van der Waals surface area contributed by atoms with Crippen LogP contribution in [0.2, 0.25) is 0 Å². The lowest BCUT2D eigenvalue weighted by atomic mass is 9.90. The van der Waals surface area contributed by atoms with E-state index in [1.807, 2.05) is 0 Å². The van der Waals surface area contributed by atoms with Crippen LogP contribution < -0.4 is 19.5 Å². The third-order valence-electron chi connectivity index (χ3n) is 3.04. The molecule has 1 aromatic carbocycles. The smallest absolute Gasteiger partial charge is 0.131 e. The minimum atomic E-state index is -0.968. The van der Waals surface area contributed by atoms with Gasteiger partial charge >= 0.3 is 0 Å². The Labute approximate surface area is 114 Å². The fourth-order valence-electron chi connectivity index (χ4n) is 2.17. The molecule has 1 rings (SSSR count). The first kappa shape index (κ1) is 15.6. The first-order chi connectivity index (χ1) is 8.88. The summed E-state index contributed by atoms with van der Waals surface area (Å²) in [5.74, 6) is 1.86. The van der Waals surface area contributed by atoms with Crippen LogP contribution in [-0.4, -0.2) is 39.1 Å². The molecule has 0 aliphatic rings. The number of nitrogens with one attached hydrogen (secondary N) is 1.